The van der Waals surface area contributed by atoms with E-state index in [4.69, 9.17) is 9.52 Å². The number of carboxylic acids is 1. The van der Waals surface area contributed by atoms with E-state index >= 15 is 0 Å². The van der Waals surface area contributed by atoms with Gasteiger partial charge in [-0.15, -0.1) is 0 Å². The van der Waals surface area contributed by atoms with Crippen LogP contribution >= 0.6 is 0 Å². The van der Waals surface area contributed by atoms with Gasteiger partial charge < -0.3 is 14.4 Å². The SMILES string of the molecule is CCN(Cc1ccco1)C(=O)c1ncccc1C(=O)O. The minimum absolute atomic E-state index is 0.0617. The molecule has 6 heteroatoms. The van der Waals surface area contributed by atoms with Gasteiger partial charge in [0, 0.05) is 12.7 Å². The van der Waals surface area contributed by atoms with Gasteiger partial charge in [-0.25, -0.2) is 4.79 Å². The molecule has 0 radical (unpaired) electrons. The molecule has 20 heavy (non-hydrogen) atoms. The summed E-state index contributed by atoms with van der Waals surface area (Å²) in [6.07, 6.45) is 2.93. The highest BCUT2D eigenvalue weighted by Gasteiger charge is 2.22. The van der Waals surface area contributed by atoms with Crippen LogP contribution in [0.15, 0.2) is 41.1 Å². The molecule has 2 aromatic rings. The van der Waals surface area contributed by atoms with Gasteiger partial charge in [0.2, 0.25) is 0 Å². The van der Waals surface area contributed by atoms with E-state index in [2.05, 4.69) is 4.98 Å². The van der Waals surface area contributed by atoms with E-state index in [1.54, 1.807) is 12.1 Å². The van der Waals surface area contributed by atoms with E-state index in [-0.39, 0.29) is 17.8 Å². The summed E-state index contributed by atoms with van der Waals surface area (Å²) < 4.78 is 5.20. The minimum Gasteiger partial charge on any atom is -0.478 e. The quantitative estimate of drug-likeness (QED) is 0.901. The maximum Gasteiger partial charge on any atom is 0.338 e. The van der Waals surface area contributed by atoms with E-state index in [1.807, 2.05) is 6.92 Å². The molecular formula is C14H14N2O4. The molecule has 0 bridgehead atoms. The second kappa shape index (κ2) is 6.01. The van der Waals surface area contributed by atoms with Crippen molar-refractivity contribution in [1.29, 1.82) is 0 Å². The number of carboxylic acid groups (broad SMARTS) is 1. The Balaban J connectivity index is 2.27. The molecule has 2 aromatic heterocycles. The smallest absolute Gasteiger partial charge is 0.338 e. The third-order valence-electron chi connectivity index (χ3n) is 2.84. The molecule has 104 valence electrons. The Morgan fingerprint density at radius 3 is 2.75 bits per heavy atom. The molecule has 0 fully saturated rings. The van der Waals surface area contributed by atoms with Crippen molar-refractivity contribution in [3.63, 3.8) is 0 Å². The first-order valence-electron chi connectivity index (χ1n) is 6.13. The molecule has 0 unspecified atom stereocenters. The van der Waals surface area contributed by atoms with Crippen molar-refractivity contribution >= 4 is 11.9 Å². The van der Waals surface area contributed by atoms with Crippen LogP contribution in [0.2, 0.25) is 0 Å². The highest BCUT2D eigenvalue weighted by molar-refractivity contribution is 6.03. The van der Waals surface area contributed by atoms with Gasteiger partial charge in [-0.1, -0.05) is 0 Å². The van der Waals surface area contributed by atoms with Crippen LogP contribution in [0.1, 0.15) is 33.5 Å². The zero-order valence-electron chi connectivity index (χ0n) is 10.9. The van der Waals surface area contributed by atoms with Crippen LogP contribution in [0.3, 0.4) is 0 Å². The molecule has 0 atom stereocenters. The zero-order valence-corrected chi connectivity index (χ0v) is 10.9. The first-order chi connectivity index (χ1) is 9.63. The number of amides is 1. The van der Waals surface area contributed by atoms with E-state index in [1.165, 1.54) is 29.5 Å². The molecule has 0 aromatic carbocycles. The molecule has 0 aliphatic carbocycles. The first-order valence-corrected chi connectivity index (χ1v) is 6.13. The van der Waals surface area contributed by atoms with Crippen molar-refractivity contribution in [2.24, 2.45) is 0 Å². The fourth-order valence-corrected chi connectivity index (χ4v) is 1.82. The predicted molar refractivity (Wildman–Crippen MR) is 70.3 cm³/mol. The fraction of sp³-hybridized carbons (Fsp3) is 0.214. The third kappa shape index (κ3) is 2.85. The highest BCUT2D eigenvalue weighted by Crippen LogP contribution is 2.12. The van der Waals surface area contributed by atoms with Gasteiger partial charge in [-0.05, 0) is 31.2 Å². The average molecular weight is 274 g/mol. The molecule has 0 saturated carbocycles. The Morgan fingerprint density at radius 1 is 1.35 bits per heavy atom. The van der Waals surface area contributed by atoms with Gasteiger partial charge in [0.05, 0.1) is 18.4 Å². The van der Waals surface area contributed by atoms with E-state index in [0.717, 1.165) is 0 Å². The van der Waals surface area contributed by atoms with E-state index in [9.17, 15) is 9.59 Å². The number of rotatable bonds is 5. The second-order valence-corrected chi connectivity index (χ2v) is 4.10. The number of hydrogen-bond donors (Lipinski definition) is 1. The average Bonchev–Trinajstić information content (AvgIpc) is 2.97. The number of nitrogens with zero attached hydrogens (tertiary/aromatic N) is 2. The van der Waals surface area contributed by atoms with Crippen molar-refractivity contribution in [1.82, 2.24) is 9.88 Å². The van der Waals surface area contributed by atoms with Crippen molar-refractivity contribution < 1.29 is 19.1 Å². The number of pyridine rings is 1. The van der Waals surface area contributed by atoms with Crippen molar-refractivity contribution in [3.05, 3.63) is 53.7 Å². The number of aromatic carboxylic acids is 1. The molecule has 0 saturated heterocycles. The summed E-state index contributed by atoms with van der Waals surface area (Å²) in [5.41, 5.74) is -0.163. The van der Waals surface area contributed by atoms with E-state index < -0.39 is 11.9 Å². The van der Waals surface area contributed by atoms with Gasteiger partial charge in [0.1, 0.15) is 11.5 Å². The molecule has 1 N–H and O–H groups in total. The van der Waals surface area contributed by atoms with Crippen molar-refractivity contribution in [2.75, 3.05) is 6.54 Å². The van der Waals surface area contributed by atoms with Crippen LogP contribution in [0.25, 0.3) is 0 Å². The lowest BCUT2D eigenvalue weighted by Crippen LogP contribution is -2.32. The summed E-state index contributed by atoms with van der Waals surface area (Å²) in [5.74, 6) is -0.967. The summed E-state index contributed by atoms with van der Waals surface area (Å²) in [7, 11) is 0. The number of hydrogen-bond acceptors (Lipinski definition) is 4. The summed E-state index contributed by atoms with van der Waals surface area (Å²) in [6.45, 7) is 2.51. The lowest BCUT2D eigenvalue weighted by Gasteiger charge is -2.19. The Hall–Kier alpha value is -2.63. The van der Waals surface area contributed by atoms with Crippen LogP contribution in [0.4, 0.5) is 0 Å². The maximum absolute atomic E-state index is 12.4. The van der Waals surface area contributed by atoms with Gasteiger partial charge in [-0.2, -0.15) is 0 Å². The van der Waals surface area contributed by atoms with Gasteiger partial charge >= 0.3 is 5.97 Å². The van der Waals surface area contributed by atoms with Crippen LogP contribution in [0.5, 0.6) is 0 Å². The number of carbonyl (C=O) groups excluding carboxylic acids is 1. The lowest BCUT2D eigenvalue weighted by atomic mass is 10.1. The molecule has 0 aliphatic heterocycles. The molecular weight excluding hydrogens is 260 g/mol. The molecule has 6 nitrogen and oxygen atoms in total. The summed E-state index contributed by atoms with van der Waals surface area (Å²) in [5, 5.41) is 9.10. The fourth-order valence-electron chi connectivity index (χ4n) is 1.82. The monoisotopic (exact) mass is 274 g/mol. The Bertz CT molecular complexity index is 607. The largest absolute Gasteiger partial charge is 0.478 e. The highest BCUT2D eigenvalue weighted by atomic mass is 16.4. The molecule has 2 heterocycles. The Kier molecular flexibility index (Phi) is 4.14. The second-order valence-electron chi connectivity index (χ2n) is 4.10. The van der Waals surface area contributed by atoms with Gasteiger partial charge in [0.15, 0.2) is 0 Å². The van der Waals surface area contributed by atoms with E-state index in [0.29, 0.717) is 12.3 Å². The summed E-state index contributed by atoms with van der Waals surface area (Å²) in [6, 6.07) is 6.34. The number of aromatic nitrogens is 1. The first kappa shape index (κ1) is 13.8. The summed E-state index contributed by atoms with van der Waals surface area (Å²) in [4.78, 5) is 28.9. The molecule has 0 aliphatic rings. The van der Waals surface area contributed by atoms with Crippen LogP contribution in [-0.2, 0) is 6.54 Å². The summed E-state index contributed by atoms with van der Waals surface area (Å²) >= 11 is 0. The number of furan rings is 1. The molecule has 1 amide bonds. The lowest BCUT2D eigenvalue weighted by molar-refractivity contribution is 0.0668. The molecule has 0 spiro atoms. The standard InChI is InChI=1S/C14H14N2O4/c1-2-16(9-10-5-4-8-20-10)13(17)12-11(14(18)19)6-3-7-15-12/h3-8H,2,9H2,1H3,(H,18,19). The topological polar surface area (TPSA) is 83.6 Å². The van der Waals surface area contributed by atoms with Gasteiger partial charge in [0.25, 0.3) is 5.91 Å². The minimum atomic E-state index is -1.17. The van der Waals surface area contributed by atoms with Crippen LogP contribution in [0, 0.1) is 0 Å². The van der Waals surface area contributed by atoms with Crippen molar-refractivity contribution in [2.45, 2.75) is 13.5 Å². The van der Waals surface area contributed by atoms with Gasteiger partial charge in [-0.3, -0.25) is 9.78 Å². The Morgan fingerprint density at radius 2 is 2.15 bits per heavy atom. The maximum atomic E-state index is 12.4. The van der Waals surface area contributed by atoms with Crippen LogP contribution < -0.4 is 0 Å². The van der Waals surface area contributed by atoms with Crippen molar-refractivity contribution in [3.8, 4) is 0 Å². The number of carbonyl (C=O) groups is 2. The van der Waals surface area contributed by atoms with Crippen LogP contribution in [-0.4, -0.2) is 33.4 Å². The third-order valence-corrected chi connectivity index (χ3v) is 2.84. The predicted octanol–water partition coefficient (Wildman–Crippen LogP) is 2.04. The normalized spacial score (nSPS) is 10.2. The molecule has 2 rings (SSSR count). The zero-order chi connectivity index (χ0) is 14.5. The Labute approximate surface area is 115 Å².